The molecule has 0 radical (unpaired) electrons. The Morgan fingerprint density at radius 2 is 1.94 bits per heavy atom. The zero-order valence-electron chi connectivity index (χ0n) is 18.3. The van der Waals surface area contributed by atoms with Gasteiger partial charge in [0.2, 0.25) is 11.9 Å². The lowest BCUT2D eigenvalue weighted by Gasteiger charge is -2.10. The second kappa shape index (κ2) is 9.71. The standard InChI is InChI=1S/C23H21N9OS/c1-15-6-2-3-9-18(15)26-22-28-19(27-21(24)29-22)14-34-23-31-30-20(16-7-4-10-25-12-16)32(23)13-17-8-5-11-33-17/h2-12H,13-14H2,1H3,(H3,24,26,27,28,29). The molecule has 170 valence electrons. The number of nitrogens with two attached hydrogens (primary N) is 1. The number of hydrogen-bond acceptors (Lipinski definition) is 10. The Balaban J connectivity index is 1.39. The first-order valence-electron chi connectivity index (χ1n) is 10.5. The molecule has 11 heteroatoms. The van der Waals surface area contributed by atoms with Crippen molar-refractivity contribution in [1.29, 1.82) is 0 Å². The molecule has 3 N–H and O–H groups in total. The molecule has 0 spiro atoms. The van der Waals surface area contributed by atoms with Gasteiger partial charge < -0.3 is 15.5 Å². The van der Waals surface area contributed by atoms with E-state index >= 15 is 0 Å². The van der Waals surface area contributed by atoms with Gasteiger partial charge in [0.15, 0.2) is 11.0 Å². The van der Waals surface area contributed by atoms with Crippen molar-refractivity contribution in [3.8, 4) is 11.4 Å². The first-order chi connectivity index (χ1) is 16.7. The van der Waals surface area contributed by atoms with Gasteiger partial charge >= 0.3 is 0 Å². The number of anilines is 3. The maximum Gasteiger partial charge on any atom is 0.232 e. The second-order valence-electron chi connectivity index (χ2n) is 7.38. The van der Waals surface area contributed by atoms with Gasteiger partial charge in [-0.25, -0.2) is 0 Å². The highest BCUT2D eigenvalue weighted by Gasteiger charge is 2.17. The van der Waals surface area contributed by atoms with E-state index in [1.54, 1.807) is 18.7 Å². The van der Waals surface area contributed by atoms with Crippen molar-refractivity contribution < 1.29 is 4.42 Å². The molecule has 0 aliphatic rings. The van der Waals surface area contributed by atoms with Gasteiger partial charge in [0, 0.05) is 23.6 Å². The van der Waals surface area contributed by atoms with Crippen molar-refractivity contribution in [2.75, 3.05) is 11.1 Å². The number of benzene rings is 1. The van der Waals surface area contributed by atoms with Crippen LogP contribution in [0.2, 0.25) is 0 Å². The van der Waals surface area contributed by atoms with Gasteiger partial charge in [-0.1, -0.05) is 30.0 Å². The van der Waals surface area contributed by atoms with Gasteiger partial charge in [-0.3, -0.25) is 9.55 Å². The molecule has 0 aliphatic heterocycles. The van der Waals surface area contributed by atoms with E-state index in [2.05, 4.69) is 35.5 Å². The number of nitrogen functional groups attached to an aromatic ring is 1. The van der Waals surface area contributed by atoms with Crippen LogP contribution in [0.5, 0.6) is 0 Å². The van der Waals surface area contributed by atoms with Gasteiger partial charge in [-0.2, -0.15) is 15.0 Å². The maximum absolute atomic E-state index is 5.96. The summed E-state index contributed by atoms with van der Waals surface area (Å²) < 4.78 is 7.54. The maximum atomic E-state index is 5.96. The molecule has 0 unspecified atom stereocenters. The summed E-state index contributed by atoms with van der Waals surface area (Å²) >= 11 is 1.46. The lowest BCUT2D eigenvalue weighted by atomic mass is 10.2. The molecule has 0 aliphatic carbocycles. The van der Waals surface area contributed by atoms with Crippen molar-refractivity contribution >= 4 is 29.3 Å². The zero-order chi connectivity index (χ0) is 23.3. The van der Waals surface area contributed by atoms with Gasteiger partial charge in [0.05, 0.1) is 18.6 Å². The van der Waals surface area contributed by atoms with Gasteiger partial charge in [-0.05, 0) is 42.8 Å². The van der Waals surface area contributed by atoms with E-state index in [9.17, 15) is 0 Å². The largest absolute Gasteiger partial charge is 0.467 e. The van der Waals surface area contributed by atoms with Gasteiger partial charge in [0.25, 0.3) is 0 Å². The monoisotopic (exact) mass is 471 g/mol. The summed E-state index contributed by atoms with van der Waals surface area (Å²) in [7, 11) is 0. The lowest BCUT2D eigenvalue weighted by molar-refractivity contribution is 0.485. The van der Waals surface area contributed by atoms with Crippen LogP contribution < -0.4 is 11.1 Å². The van der Waals surface area contributed by atoms with Crippen molar-refractivity contribution in [1.82, 2.24) is 34.7 Å². The van der Waals surface area contributed by atoms with E-state index < -0.39 is 0 Å². The molecule has 1 aromatic carbocycles. The van der Waals surface area contributed by atoms with Crippen LogP contribution in [0.4, 0.5) is 17.6 Å². The Morgan fingerprint density at radius 1 is 1.03 bits per heavy atom. The minimum atomic E-state index is 0.148. The Labute approximate surface area is 199 Å². The lowest BCUT2D eigenvalue weighted by Crippen LogP contribution is -2.08. The Kier molecular flexibility index (Phi) is 6.17. The number of para-hydroxylation sites is 1. The van der Waals surface area contributed by atoms with E-state index in [-0.39, 0.29) is 5.95 Å². The fraction of sp³-hybridized carbons (Fsp3) is 0.130. The first-order valence-corrected chi connectivity index (χ1v) is 11.5. The summed E-state index contributed by atoms with van der Waals surface area (Å²) in [6.45, 7) is 2.49. The average molecular weight is 472 g/mol. The van der Waals surface area contributed by atoms with Crippen molar-refractivity contribution in [2.24, 2.45) is 0 Å². The van der Waals surface area contributed by atoms with Crippen molar-refractivity contribution in [3.05, 3.63) is 84.3 Å². The summed E-state index contributed by atoms with van der Waals surface area (Å²) in [4.78, 5) is 17.2. The predicted molar refractivity (Wildman–Crippen MR) is 129 cm³/mol. The fourth-order valence-corrected chi connectivity index (χ4v) is 4.12. The minimum Gasteiger partial charge on any atom is -0.467 e. The molecule has 5 aromatic rings. The zero-order valence-corrected chi connectivity index (χ0v) is 19.1. The van der Waals surface area contributed by atoms with Gasteiger partial charge in [0.1, 0.15) is 11.6 Å². The van der Waals surface area contributed by atoms with Crippen LogP contribution in [0.15, 0.2) is 76.8 Å². The Morgan fingerprint density at radius 3 is 2.74 bits per heavy atom. The van der Waals surface area contributed by atoms with Crippen molar-refractivity contribution in [2.45, 2.75) is 24.4 Å². The Bertz CT molecular complexity index is 1390. The summed E-state index contributed by atoms with van der Waals surface area (Å²) in [6.07, 6.45) is 5.13. The highest BCUT2D eigenvalue weighted by atomic mass is 32.2. The normalized spacial score (nSPS) is 11.0. The highest BCUT2D eigenvalue weighted by molar-refractivity contribution is 7.98. The molecule has 0 atom stereocenters. The van der Waals surface area contributed by atoms with E-state index in [4.69, 9.17) is 10.2 Å². The van der Waals surface area contributed by atoms with Crippen LogP contribution in [0.25, 0.3) is 11.4 Å². The van der Waals surface area contributed by atoms with Crippen LogP contribution in [0, 0.1) is 6.92 Å². The number of hydrogen-bond donors (Lipinski definition) is 2. The molecule has 4 aromatic heterocycles. The molecule has 4 heterocycles. The molecule has 0 saturated heterocycles. The fourth-order valence-electron chi connectivity index (χ4n) is 3.33. The smallest absolute Gasteiger partial charge is 0.232 e. The summed E-state index contributed by atoms with van der Waals surface area (Å²) in [5.41, 5.74) is 8.80. The molecule has 0 amide bonds. The van der Waals surface area contributed by atoms with Gasteiger partial charge in [-0.15, -0.1) is 10.2 Å². The molecule has 0 bridgehead atoms. The third-order valence-corrected chi connectivity index (χ3v) is 5.91. The minimum absolute atomic E-state index is 0.148. The number of nitrogens with zero attached hydrogens (tertiary/aromatic N) is 7. The second-order valence-corrected chi connectivity index (χ2v) is 8.32. The van der Waals surface area contributed by atoms with E-state index in [0.717, 1.165) is 22.6 Å². The number of furan rings is 1. The molecule has 5 rings (SSSR count). The molecule has 10 nitrogen and oxygen atoms in total. The SMILES string of the molecule is Cc1ccccc1Nc1nc(N)nc(CSc2nnc(-c3cccnc3)n2Cc2ccco2)n1. The third-order valence-electron chi connectivity index (χ3n) is 4.95. The number of pyridine rings is 1. The summed E-state index contributed by atoms with van der Waals surface area (Å²) in [5, 5.41) is 12.7. The van der Waals surface area contributed by atoms with Crippen LogP contribution in [-0.4, -0.2) is 34.7 Å². The summed E-state index contributed by atoms with van der Waals surface area (Å²) in [5.74, 6) is 2.99. The molecule has 0 fully saturated rings. The molecule has 0 saturated carbocycles. The van der Waals surface area contributed by atoms with Crippen LogP contribution in [0.1, 0.15) is 17.1 Å². The quantitative estimate of drug-likeness (QED) is 0.319. The average Bonchev–Trinajstić information content (AvgIpc) is 3.50. The topological polar surface area (TPSA) is 133 Å². The number of nitrogens with one attached hydrogen (secondary N) is 1. The molecular weight excluding hydrogens is 450 g/mol. The van der Waals surface area contributed by atoms with Crippen LogP contribution in [0.3, 0.4) is 0 Å². The first kappa shape index (κ1) is 21.6. The number of aryl methyl sites for hydroxylation is 1. The highest BCUT2D eigenvalue weighted by Crippen LogP contribution is 2.27. The van der Waals surface area contributed by atoms with E-state index in [0.29, 0.717) is 35.1 Å². The Hall–Kier alpha value is -4.25. The molecular formula is C23H21N9OS. The van der Waals surface area contributed by atoms with E-state index in [1.165, 1.54) is 11.8 Å². The predicted octanol–water partition coefficient (Wildman–Crippen LogP) is 4.09. The molecule has 34 heavy (non-hydrogen) atoms. The summed E-state index contributed by atoms with van der Waals surface area (Å²) in [6, 6.07) is 15.5. The van der Waals surface area contributed by atoms with E-state index in [1.807, 2.05) is 60.0 Å². The number of thioether (sulfide) groups is 1. The number of rotatable bonds is 8. The third kappa shape index (κ3) is 4.89. The van der Waals surface area contributed by atoms with Crippen LogP contribution >= 0.6 is 11.8 Å². The van der Waals surface area contributed by atoms with Crippen LogP contribution in [-0.2, 0) is 12.3 Å². The number of aromatic nitrogens is 7. The van der Waals surface area contributed by atoms with Crippen molar-refractivity contribution in [3.63, 3.8) is 0 Å².